The summed E-state index contributed by atoms with van der Waals surface area (Å²) in [5.41, 5.74) is 6.49. The van der Waals surface area contributed by atoms with Crippen molar-refractivity contribution < 1.29 is 10.2 Å². The lowest BCUT2D eigenvalue weighted by molar-refractivity contribution is 0.0811. The first-order valence-corrected chi connectivity index (χ1v) is 7.01. The zero-order chi connectivity index (χ0) is 14.0. The Morgan fingerprint density at radius 1 is 1.37 bits per heavy atom. The minimum atomic E-state index is -0.0257. The average molecular weight is 264 g/mol. The molecule has 4 heteroatoms. The number of hydrogen-bond acceptors (Lipinski definition) is 4. The van der Waals surface area contributed by atoms with E-state index in [-0.39, 0.29) is 17.5 Å². The lowest BCUT2D eigenvalue weighted by Crippen LogP contribution is -2.47. The zero-order valence-electron chi connectivity index (χ0n) is 11.7. The number of aromatic hydroxyl groups is 2. The van der Waals surface area contributed by atoms with Gasteiger partial charge in [0.2, 0.25) is 0 Å². The van der Waals surface area contributed by atoms with E-state index in [0.717, 1.165) is 19.4 Å². The van der Waals surface area contributed by atoms with Gasteiger partial charge in [-0.25, -0.2) is 0 Å². The number of phenolic OH excluding ortho intramolecular Hbond substituents is 2. The fourth-order valence-corrected chi connectivity index (χ4v) is 3.15. The van der Waals surface area contributed by atoms with Crippen LogP contribution in [0.1, 0.15) is 38.3 Å². The van der Waals surface area contributed by atoms with Crippen LogP contribution in [-0.4, -0.2) is 34.2 Å². The molecule has 0 radical (unpaired) electrons. The molecule has 0 aliphatic carbocycles. The van der Waals surface area contributed by atoms with Crippen molar-refractivity contribution in [2.75, 3.05) is 13.1 Å². The first-order valence-electron chi connectivity index (χ1n) is 7.01. The molecule has 0 bridgehead atoms. The molecular weight excluding hydrogens is 240 g/mol. The van der Waals surface area contributed by atoms with Gasteiger partial charge in [0.05, 0.1) is 5.56 Å². The lowest BCUT2D eigenvalue weighted by atomic mass is 9.90. The summed E-state index contributed by atoms with van der Waals surface area (Å²) in [6.07, 6.45) is 2.21. The van der Waals surface area contributed by atoms with Gasteiger partial charge in [-0.1, -0.05) is 13.0 Å². The molecule has 19 heavy (non-hydrogen) atoms. The van der Waals surface area contributed by atoms with Crippen LogP contribution in [0.25, 0.3) is 0 Å². The molecule has 3 unspecified atom stereocenters. The number of piperidine rings is 1. The van der Waals surface area contributed by atoms with E-state index in [1.807, 2.05) is 6.92 Å². The van der Waals surface area contributed by atoms with E-state index in [4.69, 9.17) is 5.73 Å². The Labute approximate surface area is 114 Å². The molecule has 0 amide bonds. The summed E-state index contributed by atoms with van der Waals surface area (Å²) in [6, 6.07) is 5.19. The van der Waals surface area contributed by atoms with Crippen molar-refractivity contribution in [2.24, 2.45) is 11.7 Å². The number of nitrogens with zero attached hydrogens (tertiary/aromatic N) is 1. The summed E-state index contributed by atoms with van der Waals surface area (Å²) in [5, 5.41) is 20.0. The van der Waals surface area contributed by atoms with Crippen molar-refractivity contribution in [3.8, 4) is 11.5 Å². The van der Waals surface area contributed by atoms with Crippen LogP contribution in [0.15, 0.2) is 18.2 Å². The average Bonchev–Trinajstić information content (AvgIpc) is 2.38. The Balaban J connectivity index is 2.25. The molecule has 1 saturated heterocycles. The Morgan fingerprint density at radius 3 is 2.58 bits per heavy atom. The highest BCUT2D eigenvalue weighted by Gasteiger charge is 2.31. The van der Waals surface area contributed by atoms with Crippen molar-refractivity contribution >= 4 is 0 Å². The number of hydrogen-bond donors (Lipinski definition) is 3. The predicted octanol–water partition coefficient (Wildman–Crippen LogP) is 2.22. The molecule has 1 fully saturated rings. The van der Waals surface area contributed by atoms with Crippen molar-refractivity contribution in [2.45, 2.75) is 38.8 Å². The third-order valence-corrected chi connectivity index (χ3v) is 4.27. The van der Waals surface area contributed by atoms with Gasteiger partial charge in [0, 0.05) is 18.6 Å². The Morgan fingerprint density at radius 2 is 2.00 bits per heavy atom. The second kappa shape index (κ2) is 5.80. The topological polar surface area (TPSA) is 69.7 Å². The quantitative estimate of drug-likeness (QED) is 0.783. The van der Waals surface area contributed by atoms with Crippen molar-refractivity contribution in [3.63, 3.8) is 0 Å². The van der Waals surface area contributed by atoms with Crippen molar-refractivity contribution in [3.05, 3.63) is 23.8 Å². The molecule has 4 nitrogen and oxygen atoms in total. The van der Waals surface area contributed by atoms with Gasteiger partial charge in [-0.3, -0.25) is 4.90 Å². The second-order valence-corrected chi connectivity index (χ2v) is 5.64. The Hall–Kier alpha value is -1.26. The van der Waals surface area contributed by atoms with Crippen LogP contribution in [-0.2, 0) is 0 Å². The van der Waals surface area contributed by atoms with Gasteiger partial charge in [-0.15, -0.1) is 0 Å². The molecule has 0 aromatic heterocycles. The third-order valence-electron chi connectivity index (χ3n) is 4.27. The van der Waals surface area contributed by atoms with Gasteiger partial charge in [0.25, 0.3) is 0 Å². The van der Waals surface area contributed by atoms with Crippen LogP contribution < -0.4 is 5.73 Å². The number of nitrogens with two attached hydrogens (primary N) is 1. The van der Waals surface area contributed by atoms with Crippen LogP contribution in [0.4, 0.5) is 0 Å². The predicted molar refractivity (Wildman–Crippen MR) is 76.1 cm³/mol. The molecule has 0 saturated carbocycles. The number of likely N-dealkylation sites (tertiary alicyclic amines) is 1. The van der Waals surface area contributed by atoms with E-state index < -0.39 is 0 Å². The number of rotatable bonds is 3. The summed E-state index contributed by atoms with van der Waals surface area (Å²) in [4.78, 5) is 2.30. The highest BCUT2D eigenvalue weighted by atomic mass is 16.3. The summed E-state index contributed by atoms with van der Waals surface area (Å²) >= 11 is 0. The zero-order valence-corrected chi connectivity index (χ0v) is 11.7. The maximum Gasteiger partial charge on any atom is 0.124 e. The maximum atomic E-state index is 9.99. The van der Waals surface area contributed by atoms with E-state index in [0.29, 0.717) is 24.1 Å². The molecule has 1 heterocycles. The van der Waals surface area contributed by atoms with Gasteiger partial charge >= 0.3 is 0 Å². The summed E-state index contributed by atoms with van der Waals surface area (Å²) in [6.45, 7) is 5.84. The summed E-state index contributed by atoms with van der Waals surface area (Å²) < 4.78 is 0. The van der Waals surface area contributed by atoms with Gasteiger partial charge in [0.1, 0.15) is 11.5 Å². The van der Waals surface area contributed by atoms with Crippen LogP contribution >= 0.6 is 0 Å². The van der Waals surface area contributed by atoms with Crippen LogP contribution in [0, 0.1) is 5.92 Å². The van der Waals surface area contributed by atoms with Gasteiger partial charge in [-0.2, -0.15) is 0 Å². The second-order valence-electron chi connectivity index (χ2n) is 5.64. The lowest BCUT2D eigenvalue weighted by Gasteiger charge is -2.42. The molecule has 1 aromatic carbocycles. The van der Waals surface area contributed by atoms with Crippen molar-refractivity contribution in [1.82, 2.24) is 4.90 Å². The van der Waals surface area contributed by atoms with E-state index >= 15 is 0 Å². The molecule has 1 aliphatic heterocycles. The fourth-order valence-electron chi connectivity index (χ4n) is 3.15. The highest BCUT2D eigenvalue weighted by molar-refractivity contribution is 5.45. The smallest absolute Gasteiger partial charge is 0.124 e. The van der Waals surface area contributed by atoms with Crippen LogP contribution in [0.2, 0.25) is 0 Å². The first-order chi connectivity index (χ1) is 9.04. The van der Waals surface area contributed by atoms with E-state index in [1.165, 1.54) is 0 Å². The molecule has 1 aliphatic rings. The summed E-state index contributed by atoms with van der Waals surface area (Å²) in [7, 11) is 0. The Kier molecular flexibility index (Phi) is 4.32. The SMILES string of the molecule is CC1CCN(C(C)c2c(O)cccc2O)C(CN)C1. The molecule has 4 N–H and O–H groups in total. The van der Waals surface area contributed by atoms with Gasteiger partial charge in [0.15, 0.2) is 0 Å². The molecule has 2 rings (SSSR count). The maximum absolute atomic E-state index is 9.99. The molecule has 1 aromatic rings. The van der Waals surface area contributed by atoms with Gasteiger partial charge < -0.3 is 15.9 Å². The molecule has 0 spiro atoms. The molecule has 106 valence electrons. The Bertz CT molecular complexity index is 416. The highest BCUT2D eigenvalue weighted by Crippen LogP contribution is 2.38. The van der Waals surface area contributed by atoms with E-state index in [1.54, 1.807) is 18.2 Å². The normalized spacial score (nSPS) is 26.3. The van der Waals surface area contributed by atoms with Gasteiger partial charge in [-0.05, 0) is 44.4 Å². The first kappa shape index (κ1) is 14.2. The number of phenols is 2. The van der Waals surface area contributed by atoms with Crippen molar-refractivity contribution in [1.29, 1.82) is 0 Å². The monoisotopic (exact) mass is 264 g/mol. The van der Waals surface area contributed by atoms with Crippen LogP contribution in [0.5, 0.6) is 11.5 Å². The van der Waals surface area contributed by atoms with E-state index in [9.17, 15) is 10.2 Å². The minimum absolute atomic E-state index is 0.0257. The standard InChI is InChI=1S/C15H24N2O2/c1-10-6-7-17(12(8-10)9-16)11(2)15-13(18)4-3-5-14(15)19/h3-5,10-12,18-19H,6-9,16H2,1-2H3. The third kappa shape index (κ3) is 2.85. The fraction of sp³-hybridized carbons (Fsp3) is 0.600. The summed E-state index contributed by atoms with van der Waals surface area (Å²) in [5.74, 6) is 0.999. The largest absolute Gasteiger partial charge is 0.507 e. The molecular formula is C15H24N2O2. The molecule has 3 atom stereocenters. The van der Waals surface area contributed by atoms with Crippen LogP contribution in [0.3, 0.4) is 0 Å². The van der Waals surface area contributed by atoms with E-state index in [2.05, 4.69) is 11.8 Å². The number of benzene rings is 1. The minimum Gasteiger partial charge on any atom is -0.507 e.